The van der Waals surface area contributed by atoms with E-state index in [4.69, 9.17) is 10.9 Å². The van der Waals surface area contributed by atoms with E-state index in [2.05, 4.69) is 10.5 Å². The molecule has 0 atom stereocenters. The van der Waals surface area contributed by atoms with E-state index in [1.807, 2.05) is 13.8 Å². The maximum Gasteiger partial charge on any atom is 0.220 e. The summed E-state index contributed by atoms with van der Waals surface area (Å²) in [4.78, 5) is 11.3. The Bertz CT molecular complexity index is 222. The fraction of sp³-hybridized carbons (Fsp3) is 0.778. The normalized spacial score (nSPS) is 12.6. The molecule has 0 aromatic rings. The molecule has 82 valence electrons. The molecule has 0 aliphatic rings. The van der Waals surface area contributed by atoms with E-state index in [1.165, 1.54) is 0 Å². The molecule has 0 radical (unpaired) electrons. The van der Waals surface area contributed by atoms with Crippen LogP contribution in [0.3, 0.4) is 0 Å². The molecule has 14 heavy (non-hydrogen) atoms. The second-order valence-corrected chi connectivity index (χ2v) is 3.18. The Balaban J connectivity index is 4.79. The Morgan fingerprint density at radius 3 is 2.21 bits per heavy atom. The van der Waals surface area contributed by atoms with Crippen LogP contribution in [0.25, 0.3) is 0 Å². The minimum atomic E-state index is -0.707. The summed E-state index contributed by atoms with van der Waals surface area (Å²) < 4.78 is 0. The van der Waals surface area contributed by atoms with Crippen molar-refractivity contribution in [1.29, 1.82) is 0 Å². The number of carbonyl (C=O) groups excluding carboxylic acids is 1. The highest BCUT2D eigenvalue weighted by Gasteiger charge is 2.32. The van der Waals surface area contributed by atoms with Crippen LogP contribution in [0.1, 0.15) is 40.0 Å². The van der Waals surface area contributed by atoms with E-state index in [0.717, 1.165) is 0 Å². The lowest BCUT2D eigenvalue weighted by Crippen LogP contribution is -2.56. The summed E-state index contributed by atoms with van der Waals surface area (Å²) in [5.74, 6) is -0.0374. The lowest BCUT2D eigenvalue weighted by molar-refractivity contribution is -0.122. The first-order valence-corrected chi connectivity index (χ1v) is 4.85. The molecule has 5 nitrogen and oxygen atoms in total. The van der Waals surface area contributed by atoms with Gasteiger partial charge in [0.2, 0.25) is 5.91 Å². The monoisotopic (exact) mass is 201 g/mol. The summed E-state index contributed by atoms with van der Waals surface area (Å²) in [6.07, 6.45) is 1.59. The zero-order valence-electron chi connectivity index (χ0n) is 9.00. The van der Waals surface area contributed by atoms with Crippen LogP contribution in [-0.2, 0) is 4.79 Å². The molecule has 1 amide bonds. The molecule has 0 aliphatic carbocycles. The average molecular weight is 201 g/mol. The fourth-order valence-electron chi connectivity index (χ4n) is 1.30. The van der Waals surface area contributed by atoms with Gasteiger partial charge in [0.25, 0.3) is 0 Å². The van der Waals surface area contributed by atoms with Gasteiger partial charge in [0, 0.05) is 6.42 Å². The van der Waals surface area contributed by atoms with Crippen LogP contribution in [0.5, 0.6) is 0 Å². The van der Waals surface area contributed by atoms with Gasteiger partial charge < -0.3 is 16.3 Å². The number of hydrogen-bond donors (Lipinski definition) is 3. The third-order valence-corrected chi connectivity index (χ3v) is 2.50. The van der Waals surface area contributed by atoms with Crippen molar-refractivity contribution in [2.75, 3.05) is 0 Å². The van der Waals surface area contributed by atoms with Gasteiger partial charge in [0.15, 0.2) is 5.84 Å². The maximum atomic E-state index is 11.3. The zero-order chi connectivity index (χ0) is 11.2. The summed E-state index contributed by atoms with van der Waals surface area (Å²) in [6.45, 7) is 5.53. The van der Waals surface area contributed by atoms with Gasteiger partial charge in [-0.2, -0.15) is 0 Å². The van der Waals surface area contributed by atoms with Gasteiger partial charge in [-0.1, -0.05) is 25.9 Å². The third-order valence-electron chi connectivity index (χ3n) is 2.50. The number of oxime groups is 1. The first-order chi connectivity index (χ1) is 6.56. The molecule has 0 rings (SSSR count). The van der Waals surface area contributed by atoms with Crippen molar-refractivity contribution in [2.45, 2.75) is 45.6 Å². The number of carbonyl (C=O) groups is 1. The Kier molecular flexibility index (Phi) is 4.97. The van der Waals surface area contributed by atoms with Gasteiger partial charge in [-0.25, -0.2) is 0 Å². The molecular formula is C9H19N3O2. The molecular weight excluding hydrogens is 182 g/mol. The van der Waals surface area contributed by atoms with Gasteiger partial charge >= 0.3 is 0 Å². The summed E-state index contributed by atoms with van der Waals surface area (Å²) in [7, 11) is 0. The van der Waals surface area contributed by atoms with Crippen LogP contribution in [0.4, 0.5) is 0 Å². The topological polar surface area (TPSA) is 87.7 Å². The van der Waals surface area contributed by atoms with Gasteiger partial charge in [-0.05, 0) is 12.8 Å². The highest BCUT2D eigenvalue weighted by molar-refractivity contribution is 5.93. The minimum Gasteiger partial charge on any atom is -0.409 e. The number of hydrogen-bond acceptors (Lipinski definition) is 3. The summed E-state index contributed by atoms with van der Waals surface area (Å²) in [6, 6.07) is 0. The molecule has 0 saturated carbocycles. The van der Waals surface area contributed by atoms with Crippen molar-refractivity contribution in [2.24, 2.45) is 10.9 Å². The van der Waals surface area contributed by atoms with Crippen LogP contribution in [-0.4, -0.2) is 22.5 Å². The highest BCUT2D eigenvalue weighted by atomic mass is 16.4. The molecule has 0 saturated heterocycles. The van der Waals surface area contributed by atoms with Crippen molar-refractivity contribution in [3.63, 3.8) is 0 Å². The molecule has 0 spiro atoms. The van der Waals surface area contributed by atoms with Crippen LogP contribution >= 0.6 is 0 Å². The lowest BCUT2D eigenvalue weighted by atomic mass is 9.91. The van der Waals surface area contributed by atoms with E-state index < -0.39 is 5.54 Å². The van der Waals surface area contributed by atoms with E-state index in [0.29, 0.717) is 19.3 Å². The highest BCUT2D eigenvalue weighted by Crippen LogP contribution is 2.15. The summed E-state index contributed by atoms with van der Waals surface area (Å²) in [5.41, 5.74) is 4.86. The lowest BCUT2D eigenvalue weighted by Gasteiger charge is -2.31. The van der Waals surface area contributed by atoms with Crippen molar-refractivity contribution in [3.8, 4) is 0 Å². The van der Waals surface area contributed by atoms with Gasteiger partial charge in [-0.3, -0.25) is 4.79 Å². The molecule has 0 unspecified atom stereocenters. The van der Waals surface area contributed by atoms with Gasteiger partial charge in [-0.15, -0.1) is 0 Å². The molecule has 0 heterocycles. The predicted molar refractivity (Wildman–Crippen MR) is 55.2 cm³/mol. The van der Waals surface area contributed by atoms with Crippen LogP contribution in [0, 0.1) is 0 Å². The molecule has 0 aliphatic heterocycles. The quantitative estimate of drug-likeness (QED) is 0.266. The van der Waals surface area contributed by atoms with Crippen molar-refractivity contribution >= 4 is 11.7 Å². The Morgan fingerprint density at radius 2 is 1.93 bits per heavy atom. The largest absolute Gasteiger partial charge is 0.409 e. The summed E-state index contributed by atoms with van der Waals surface area (Å²) >= 11 is 0. The van der Waals surface area contributed by atoms with E-state index in [1.54, 1.807) is 6.92 Å². The molecule has 4 N–H and O–H groups in total. The Morgan fingerprint density at radius 1 is 1.43 bits per heavy atom. The van der Waals surface area contributed by atoms with E-state index in [9.17, 15) is 4.79 Å². The molecule has 0 bridgehead atoms. The molecule has 5 heteroatoms. The fourth-order valence-corrected chi connectivity index (χ4v) is 1.30. The minimum absolute atomic E-state index is 0.0595. The van der Waals surface area contributed by atoms with Crippen LogP contribution in [0.2, 0.25) is 0 Å². The standard InChI is InChI=1S/C9H19N3O2/c1-4-7(13)11-9(5-2,6-3)8(10)12-14/h14H,4-6H2,1-3H3,(H2,10,12)(H,11,13). The third kappa shape index (κ3) is 2.61. The average Bonchev–Trinajstić information content (AvgIpc) is 2.24. The molecule has 0 aromatic heterocycles. The Labute approximate surface area is 84.4 Å². The zero-order valence-corrected chi connectivity index (χ0v) is 9.00. The van der Waals surface area contributed by atoms with Crippen LogP contribution < -0.4 is 11.1 Å². The second kappa shape index (κ2) is 5.47. The molecule has 0 aromatic carbocycles. The number of nitrogens with one attached hydrogen (secondary N) is 1. The number of nitrogens with two attached hydrogens (primary N) is 1. The molecule has 0 fully saturated rings. The van der Waals surface area contributed by atoms with Gasteiger partial charge in [0.1, 0.15) is 5.54 Å². The van der Waals surface area contributed by atoms with E-state index >= 15 is 0 Å². The first kappa shape index (κ1) is 12.7. The number of amides is 1. The number of nitrogens with zero attached hydrogens (tertiary/aromatic N) is 1. The Hall–Kier alpha value is -1.26. The SMILES string of the molecule is CCC(=O)NC(CC)(CC)C(N)=NO. The first-order valence-electron chi connectivity index (χ1n) is 4.85. The van der Waals surface area contributed by atoms with Gasteiger partial charge in [0.05, 0.1) is 0 Å². The van der Waals surface area contributed by atoms with E-state index in [-0.39, 0.29) is 11.7 Å². The van der Waals surface area contributed by atoms with Crippen molar-refractivity contribution < 1.29 is 10.0 Å². The van der Waals surface area contributed by atoms with Crippen LogP contribution in [0.15, 0.2) is 5.16 Å². The smallest absolute Gasteiger partial charge is 0.220 e. The number of rotatable bonds is 5. The second-order valence-electron chi connectivity index (χ2n) is 3.18. The maximum absolute atomic E-state index is 11.3. The van der Waals surface area contributed by atoms with Crippen molar-refractivity contribution in [1.82, 2.24) is 5.32 Å². The number of amidine groups is 1. The summed E-state index contributed by atoms with van der Waals surface area (Å²) in [5, 5.41) is 14.4. The van der Waals surface area contributed by atoms with Crippen molar-refractivity contribution in [3.05, 3.63) is 0 Å². The predicted octanol–water partition coefficient (Wildman–Crippen LogP) is 0.818.